The van der Waals surface area contributed by atoms with Crippen LogP contribution in [-0.2, 0) is 0 Å². The predicted molar refractivity (Wildman–Crippen MR) is 50.8 cm³/mol. The summed E-state index contributed by atoms with van der Waals surface area (Å²) < 4.78 is 5.16. The van der Waals surface area contributed by atoms with E-state index in [0.29, 0.717) is 0 Å². The lowest BCUT2D eigenvalue weighted by Gasteiger charge is -2.03. The van der Waals surface area contributed by atoms with Gasteiger partial charge in [0.1, 0.15) is 5.52 Å². The molecule has 0 N–H and O–H groups in total. The van der Waals surface area contributed by atoms with E-state index in [-0.39, 0.29) is 0 Å². The van der Waals surface area contributed by atoms with E-state index >= 15 is 0 Å². The SMILES string of the molecule is COc1cncc2ccc(C)nc12. The molecule has 13 heavy (non-hydrogen) atoms. The minimum atomic E-state index is 0.723. The molecule has 0 aliphatic carbocycles. The van der Waals surface area contributed by atoms with Gasteiger partial charge in [0.2, 0.25) is 0 Å². The third kappa shape index (κ3) is 1.33. The Hall–Kier alpha value is -1.64. The first-order valence-corrected chi connectivity index (χ1v) is 4.06. The van der Waals surface area contributed by atoms with Crippen molar-refractivity contribution in [3.8, 4) is 5.75 Å². The van der Waals surface area contributed by atoms with Crippen LogP contribution in [0.25, 0.3) is 10.9 Å². The first kappa shape index (κ1) is 7.98. The highest BCUT2D eigenvalue weighted by atomic mass is 16.5. The predicted octanol–water partition coefficient (Wildman–Crippen LogP) is 1.95. The van der Waals surface area contributed by atoms with Crippen molar-refractivity contribution in [1.29, 1.82) is 0 Å². The highest BCUT2D eigenvalue weighted by molar-refractivity contribution is 5.83. The number of methoxy groups -OCH3 is 1. The number of fused-ring (bicyclic) bond motifs is 1. The Morgan fingerprint density at radius 1 is 1.23 bits per heavy atom. The Morgan fingerprint density at radius 2 is 2.08 bits per heavy atom. The van der Waals surface area contributed by atoms with Crippen LogP contribution < -0.4 is 4.74 Å². The lowest BCUT2D eigenvalue weighted by molar-refractivity contribution is 0.417. The summed E-state index contributed by atoms with van der Waals surface area (Å²) in [4.78, 5) is 8.43. The van der Waals surface area contributed by atoms with Gasteiger partial charge in [-0.3, -0.25) is 4.98 Å². The summed E-state index contributed by atoms with van der Waals surface area (Å²) in [5, 5.41) is 1.00. The van der Waals surface area contributed by atoms with Crippen LogP contribution in [0, 0.1) is 6.92 Å². The molecule has 0 fully saturated rings. The maximum atomic E-state index is 5.16. The number of aryl methyl sites for hydroxylation is 1. The van der Waals surface area contributed by atoms with E-state index < -0.39 is 0 Å². The van der Waals surface area contributed by atoms with E-state index in [1.54, 1.807) is 19.5 Å². The minimum absolute atomic E-state index is 0.723. The van der Waals surface area contributed by atoms with Crippen LogP contribution in [0.3, 0.4) is 0 Å². The fraction of sp³-hybridized carbons (Fsp3) is 0.200. The molecule has 2 rings (SSSR count). The molecule has 0 saturated heterocycles. The largest absolute Gasteiger partial charge is 0.493 e. The number of rotatable bonds is 1. The zero-order chi connectivity index (χ0) is 9.26. The van der Waals surface area contributed by atoms with Crippen molar-refractivity contribution in [2.24, 2.45) is 0 Å². The van der Waals surface area contributed by atoms with Gasteiger partial charge < -0.3 is 4.74 Å². The van der Waals surface area contributed by atoms with Crippen molar-refractivity contribution in [2.75, 3.05) is 7.11 Å². The van der Waals surface area contributed by atoms with Gasteiger partial charge in [0.05, 0.1) is 13.3 Å². The molecule has 0 radical (unpaired) electrons. The molecule has 3 nitrogen and oxygen atoms in total. The molecule has 3 heteroatoms. The lowest BCUT2D eigenvalue weighted by atomic mass is 10.2. The molecule has 0 aliphatic heterocycles. The van der Waals surface area contributed by atoms with Gasteiger partial charge >= 0.3 is 0 Å². The van der Waals surface area contributed by atoms with Crippen LogP contribution in [-0.4, -0.2) is 17.1 Å². The second kappa shape index (κ2) is 3.01. The molecule has 0 aromatic carbocycles. The highest BCUT2D eigenvalue weighted by Gasteiger charge is 2.02. The van der Waals surface area contributed by atoms with E-state index in [0.717, 1.165) is 22.3 Å². The van der Waals surface area contributed by atoms with Crippen molar-refractivity contribution in [3.63, 3.8) is 0 Å². The summed E-state index contributed by atoms with van der Waals surface area (Å²) in [7, 11) is 1.63. The van der Waals surface area contributed by atoms with E-state index in [1.807, 2.05) is 19.1 Å². The maximum absolute atomic E-state index is 5.16. The third-order valence-corrected chi connectivity index (χ3v) is 1.92. The average molecular weight is 174 g/mol. The van der Waals surface area contributed by atoms with Crippen molar-refractivity contribution in [3.05, 3.63) is 30.2 Å². The second-order valence-electron chi connectivity index (χ2n) is 2.87. The van der Waals surface area contributed by atoms with Gasteiger partial charge in [-0.2, -0.15) is 0 Å². The topological polar surface area (TPSA) is 35.0 Å². The highest BCUT2D eigenvalue weighted by Crippen LogP contribution is 2.21. The van der Waals surface area contributed by atoms with Gasteiger partial charge in [-0.1, -0.05) is 0 Å². The first-order valence-electron chi connectivity index (χ1n) is 4.06. The summed E-state index contributed by atoms with van der Waals surface area (Å²) in [6.07, 6.45) is 3.46. The summed E-state index contributed by atoms with van der Waals surface area (Å²) in [5.41, 5.74) is 1.86. The average Bonchev–Trinajstić information content (AvgIpc) is 2.17. The lowest BCUT2D eigenvalue weighted by Crippen LogP contribution is -1.90. The van der Waals surface area contributed by atoms with Gasteiger partial charge in [-0.05, 0) is 19.1 Å². The van der Waals surface area contributed by atoms with E-state index in [9.17, 15) is 0 Å². The van der Waals surface area contributed by atoms with Gasteiger partial charge in [0.15, 0.2) is 5.75 Å². The molecular weight excluding hydrogens is 164 g/mol. The van der Waals surface area contributed by atoms with Crippen molar-refractivity contribution >= 4 is 10.9 Å². The van der Waals surface area contributed by atoms with Crippen LogP contribution >= 0.6 is 0 Å². The molecule has 66 valence electrons. The number of hydrogen-bond donors (Lipinski definition) is 0. The fourth-order valence-corrected chi connectivity index (χ4v) is 1.26. The van der Waals surface area contributed by atoms with E-state index in [4.69, 9.17) is 4.74 Å². The van der Waals surface area contributed by atoms with Gasteiger partial charge in [0, 0.05) is 17.3 Å². The Morgan fingerprint density at radius 3 is 2.85 bits per heavy atom. The normalized spacial score (nSPS) is 10.3. The van der Waals surface area contributed by atoms with Crippen LogP contribution in [0.15, 0.2) is 24.5 Å². The number of hydrogen-bond acceptors (Lipinski definition) is 3. The Labute approximate surface area is 76.4 Å². The summed E-state index contributed by atoms with van der Waals surface area (Å²) in [5.74, 6) is 0.723. The molecule has 0 aliphatic rings. The van der Waals surface area contributed by atoms with Crippen LogP contribution in [0.5, 0.6) is 5.75 Å². The van der Waals surface area contributed by atoms with Gasteiger partial charge in [-0.15, -0.1) is 0 Å². The monoisotopic (exact) mass is 174 g/mol. The second-order valence-corrected chi connectivity index (χ2v) is 2.87. The smallest absolute Gasteiger partial charge is 0.163 e. The van der Waals surface area contributed by atoms with Gasteiger partial charge in [0.25, 0.3) is 0 Å². The molecule has 0 saturated carbocycles. The maximum Gasteiger partial charge on any atom is 0.163 e. The zero-order valence-electron chi connectivity index (χ0n) is 7.61. The van der Waals surface area contributed by atoms with Crippen molar-refractivity contribution in [2.45, 2.75) is 6.92 Å². The summed E-state index contributed by atoms with van der Waals surface area (Å²) in [6.45, 7) is 1.96. The van der Waals surface area contributed by atoms with Crippen LogP contribution in [0.4, 0.5) is 0 Å². The molecule has 0 unspecified atom stereocenters. The molecule has 0 bridgehead atoms. The summed E-state index contributed by atoms with van der Waals surface area (Å²) >= 11 is 0. The zero-order valence-corrected chi connectivity index (χ0v) is 7.61. The minimum Gasteiger partial charge on any atom is -0.493 e. The first-order chi connectivity index (χ1) is 6.31. The van der Waals surface area contributed by atoms with Crippen molar-refractivity contribution in [1.82, 2.24) is 9.97 Å². The molecular formula is C10H10N2O. The third-order valence-electron chi connectivity index (χ3n) is 1.92. The molecule has 2 heterocycles. The van der Waals surface area contributed by atoms with Crippen molar-refractivity contribution < 1.29 is 4.74 Å². The Kier molecular flexibility index (Phi) is 1.85. The number of nitrogens with zero attached hydrogens (tertiary/aromatic N) is 2. The van der Waals surface area contributed by atoms with E-state index in [1.165, 1.54) is 0 Å². The van der Waals surface area contributed by atoms with Crippen LogP contribution in [0.2, 0.25) is 0 Å². The van der Waals surface area contributed by atoms with E-state index in [2.05, 4.69) is 9.97 Å². The summed E-state index contributed by atoms with van der Waals surface area (Å²) in [6, 6.07) is 3.96. The molecule has 0 amide bonds. The Balaban J connectivity index is 2.79. The quantitative estimate of drug-likeness (QED) is 0.662. The number of aromatic nitrogens is 2. The Bertz CT molecular complexity index is 440. The van der Waals surface area contributed by atoms with Gasteiger partial charge in [-0.25, -0.2) is 4.98 Å². The fourth-order valence-electron chi connectivity index (χ4n) is 1.26. The molecule has 2 aromatic rings. The molecule has 0 spiro atoms. The molecule has 2 aromatic heterocycles. The van der Waals surface area contributed by atoms with Crippen LogP contribution in [0.1, 0.15) is 5.69 Å². The molecule has 0 atom stereocenters. The standard InChI is InChI=1S/C10H10N2O/c1-7-3-4-8-5-11-6-9(13-2)10(8)12-7/h3-6H,1-2H3. The number of ether oxygens (including phenoxy) is 1. The number of pyridine rings is 2.